The highest BCUT2D eigenvalue weighted by Gasteiger charge is 2.24. The molecule has 1 amide bonds. The normalized spacial score (nSPS) is 17.0. The molecule has 1 atom stereocenters. The molecule has 1 N–H and O–H groups in total. The molecule has 1 aliphatic rings. The summed E-state index contributed by atoms with van der Waals surface area (Å²) in [6, 6.07) is 1.87. The average molecular weight is 325 g/mol. The summed E-state index contributed by atoms with van der Waals surface area (Å²) >= 11 is 0. The fourth-order valence-electron chi connectivity index (χ4n) is 3.36. The van der Waals surface area contributed by atoms with Gasteiger partial charge in [-0.15, -0.1) is 0 Å². The number of fused-ring (bicyclic) bond motifs is 2. The zero-order valence-electron chi connectivity index (χ0n) is 14.0. The Morgan fingerprint density at radius 1 is 1.29 bits per heavy atom. The molecule has 0 fully saturated rings. The summed E-state index contributed by atoms with van der Waals surface area (Å²) in [5.74, 6) is 0.983. The predicted molar refractivity (Wildman–Crippen MR) is 87.8 cm³/mol. The second-order valence-electron chi connectivity index (χ2n) is 6.42. The van der Waals surface area contributed by atoms with Crippen LogP contribution in [0, 0.1) is 20.8 Å². The minimum atomic E-state index is -0.109. The summed E-state index contributed by atoms with van der Waals surface area (Å²) in [6.45, 7) is 6.40. The van der Waals surface area contributed by atoms with Crippen LogP contribution in [-0.4, -0.2) is 31.6 Å². The fraction of sp³-hybridized carbons (Fsp3) is 0.412. The molecule has 3 aromatic heterocycles. The Hall–Kier alpha value is -2.70. The summed E-state index contributed by atoms with van der Waals surface area (Å²) in [5, 5.41) is 7.75. The molecule has 1 unspecified atom stereocenters. The molecule has 4 rings (SSSR count). The molecular formula is C17H19N5O2. The van der Waals surface area contributed by atoms with Crippen LogP contribution in [-0.2, 0) is 13.0 Å². The van der Waals surface area contributed by atoms with Gasteiger partial charge in [-0.25, -0.2) is 9.97 Å². The SMILES string of the molecule is Cc1cn2c(n1)CCC(NC(=O)c1cc(C)nc3onc(C)c13)C2. The maximum atomic E-state index is 12.8. The van der Waals surface area contributed by atoms with Crippen molar-refractivity contribution in [3.05, 3.63) is 40.7 Å². The van der Waals surface area contributed by atoms with Crippen LogP contribution in [0.3, 0.4) is 0 Å². The van der Waals surface area contributed by atoms with Gasteiger partial charge >= 0.3 is 0 Å². The van der Waals surface area contributed by atoms with Crippen molar-refractivity contribution in [2.45, 2.75) is 46.2 Å². The number of carbonyl (C=O) groups excluding carboxylic acids is 1. The first-order chi connectivity index (χ1) is 11.5. The molecule has 0 aromatic carbocycles. The maximum absolute atomic E-state index is 12.8. The van der Waals surface area contributed by atoms with Gasteiger partial charge in [0.1, 0.15) is 5.82 Å². The number of aryl methyl sites for hydroxylation is 4. The third kappa shape index (κ3) is 2.46. The number of nitrogens with zero attached hydrogens (tertiary/aromatic N) is 4. The lowest BCUT2D eigenvalue weighted by molar-refractivity contribution is 0.0929. The molecule has 0 spiro atoms. The van der Waals surface area contributed by atoms with Crippen molar-refractivity contribution in [1.82, 2.24) is 25.0 Å². The van der Waals surface area contributed by atoms with Crippen LogP contribution in [0.4, 0.5) is 0 Å². The van der Waals surface area contributed by atoms with Crippen molar-refractivity contribution in [1.29, 1.82) is 0 Å². The number of pyridine rings is 1. The highest BCUT2D eigenvalue weighted by atomic mass is 16.5. The van der Waals surface area contributed by atoms with Gasteiger partial charge in [0.25, 0.3) is 11.6 Å². The lowest BCUT2D eigenvalue weighted by Gasteiger charge is -2.24. The van der Waals surface area contributed by atoms with E-state index in [9.17, 15) is 4.79 Å². The van der Waals surface area contributed by atoms with E-state index < -0.39 is 0 Å². The van der Waals surface area contributed by atoms with Gasteiger partial charge in [-0.3, -0.25) is 4.79 Å². The zero-order valence-corrected chi connectivity index (χ0v) is 14.0. The summed E-state index contributed by atoms with van der Waals surface area (Å²) in [6.07, 6.45) is 3.79. The molecule has 0 radical (unpaired) electrons. The average Bonchev–Trinajstić information content (AvgIpc) is 3.08. The Morgan fingerprint density at radius 3 is 2.96 bits per heavy atom. The van der Waals surface area contributed by atoms with Gasteiger partial charge in [0.15, 0.2) is 0 Å². The summed E-state index contributed by atoms with van der Waals surface area (Å²) in [7, 11) is 0. The lowest BCUT2D eigenvalue weighted by Crippen LogP contribution is -2.41. The molecule has 3 aromatic rings. The van der Waals surface area contributed by atoms with E-state index in [1.54, 1.807) is 6.07 Å². The van der Waals surface area contributed by atoms with Crippen molar-refractivity contribution in [3.8, 4) is 0 Å². The largest absolute Gasteiger partial charge is 0.347 e. The van der Waals surface area contributed by atoms with Crippen LogP contribution < -0.4 is 5.32 Å². The van der Waals surface area contributed by atoms with Gasteiger partial charge in [-0.1, -0.05) is 5.16 Å². The topological polar surface area (TPSA) is 85.8 Å². The van der Waals surface area contributed by atoms with Crippen molar-refractivity contribution in [2.24, 2.45) is 0 Å². The number of amides is 1. The maximum Gasteiger partial charge on any atom is 0.258 e. The van der Waals surface area contributed by atoms with E-state index in [1.165, 1.54) is 0 Å². The molecule has 0 saturated carbocycles. The summed E-state index contributed by atoms with van der Waals surface area (Å²) in [5.41, 5.74) is 3.42. The quantitative estimate of drug-likeness (QED) is 0.780. The molecule has 7 nitrogen and oxygen atoms in total. The first-order valence-corrected chi connectivity index (χ1v) is 8.08. The third-order valence-corrected chi connectivity index (χ3v) is 4.44. The van der Waals surface area contributed by atoms with E-state index >= 15 is 0 Å². The number of carbonyl (C=O) groups is 1. The molecule has 0 saturated heterocycles. The smallest absolute Gasteiger partial charge is 0.258 e. The molecular weight excluding hydrogens is 306 g/mol. The Bertz CT molecular complexity index is 940. The van der Waals surface area contributed by atoms with E-state index in [1.807, 2.05) is 27.0 Å². The van der Waals surface area contributed by atoms with E-state index in [-0.39, 0.29) is 11.9 Å². The molecule has 0 aliphatic carbocycles. The zero-order chi connectivity index (χ0) is 16.8. The molecule has 24 heavy (non-hydrogen) atoms. The second-order valence-corrected chi connectivity index (χ2v) is 6.42. The Morgan fingerprint density at radius 2 is 2.12 bits per heavy atom. The predicted octanol–water partition coefficient (Wildman–Crippen LogP) is 2.09. The monoisotopic (exact) mass is 325 g/mol. The van der Waals surface area contributed by atoms with Gasteiger partial charge in [0.05, 0.1) is 22.3 Å². The van der Waals surface area contributed by atoms with Crippen molar-refractivity contribution >= 4 is 17.0 Å². The number of nitrogens with one attached hydrogen (secondary N) is 1. The standard InChI is InChI=1S/C17H19N5O2/c1-9-6-13(15-11(3)21-24-17(15)19-9)16(23)20-12-4-5-14-18-10(2)7-22(14)8-12/h6-7,12H,4-5,8H2,1-3H3,(H,20,23). The molecule has 124 valence electrons. The first kappa shape index (κ1) is 14.9. The van der Waals surface area contributed by atoms with E-state index in [4.69, 9.17) is 4.52 Å². The van der Waals surface area contributed by atoms with Crippen LogP contribution in [0.15, 0.2) is 16.8 Å². The van der Waals surface area contributed by atoms with Crippen LogP contribution in [0.5, 0.6) is 0 Å². The number of imidazole rings is 1. The molecule has 7 heteroatoms. The Labute approximate surface area is 139 Å². The number of rotatable bonds is 2. The lowest BCUT2D eigenvalue weighted by atomic mass is 10.1. The molecule has 0 bridgehead atoms. The minimum Gasteiger partial charge on any atom is -0.347 e. The van der Waals surface area contributed by atoms with Crippen LogP contribution in [0.2, 0.25) is 0 Å². The van der Waals surface area contributed by atoms with Crippen LogP contribution in [0.1, 0.15) is 39.7 Å². The van der Waals surface area contributed by atoms with E-state index in [0.717, 1.165) is 36.6 Å². The Kier molecular flexibility index (Phi) is 3.37. The first-order valence-electron chi connectivity index (χ1n) is 8.08. The van der Waals surface area contributed by atoms with Crippen molar-refractivity contribution in [2.75, 3.05) is 0 Å². The highest BCUT2D eigenvalue weighted by molar-refractivity contribution is 6.06. The van der Waals surface area contributed by atoms with Crippen LogP contribution >= 0.6 is 0 Å². The van der Waals surface area contributed by atoms with Gasteiger partial charge in [0, 0.05) is 30.9 Å². The number of aromatic nitrogens is 4. The van der Waals surface area contributed by atoms with Gasteiger partial charge in [0.2, 0.25) is 0 Å². The van der Waals surface area contributed by atoms with E-state index in [2.05, 4.69) is 25.0 Å². The Balaban J connectivity index is 1.60. The number of hydrogen-bond acceptors (Lipinski definition) is 5. The third-order valence-electron chi connectivity index (χ3n) is 4.44. The summed E-state index contributed by atoms with van der Waals surface area (Å²) in [4.78, 5) is 21.6. The van der Waals surface area contributed by atoms with Gasteiger partial charge in [-0.05, 0) is 33.3 Å². The number of hydrogen-bond donors (Lipinski definition) is 1. The van der Waals surface area contributed by atoms with Crippen molar-refractivity contribution < 1.29 is 9.32 Å². The van der Waals surface area contributed by atoms with E-state index in [0.29, 0.717) is 22.4 Å². The van der Waals surface area contributed by atoms with Crippen LogP contribution in [0.25, 0.3) is 11.1 Å². The van der Waals surface area contributed by atoms with Crippen molar-refractivity contribution in [3.63, 3.8) is 0 Å². The fourth-order valence-corrected chi connectivity index (χ4v) is 3.36. The second kappa shape index (κ2) is 5.43. The van der Waals surface area contributed by atoms with Gasteiger partial charge in [-0.2, -0.15) is 0 Å². The molecule has 1 aliphatic heterocycles. The van der Waals surface area contributed by atoms with Gasteiger partial charge < -0.3 is 14.4 Å². The summed E-state index contributed by atoms with van der Waals surface area (Å²) < 4.78 is 7.33. The molecule has 4 heterocycles. The minimum absolute atomic E-state index is 0.0855. The highest BCUT2D eigenvalue weighted by Crippen LogP contribution is 2.22.